The van der Waals surface area contributed by atoms with Gasteiger partial charge in [-0.1, -0.05) is 30.7 Å². The number of ether oxygens (including phenoxy) is 1. The fourth-order valence-corrected chi connectivity index (χ4v) is 3.12. The zero-order chi connectivity index (χ0) is 16.0. The number of carbonyl (C=O) groups is 1. The van der Waals surface area contributed by atoms with Crippen LogP contribution in [0, 0.1) is 0 Å². The summed E-state index contributed by atoms with van der Waals surface area (Å²) in [5, 5.41) is 12.9. The third kappa shape index (κ3) is 3.80. The van der Waals surface area contributed by atoms with Crippen molar-refractivity contribution in [3.63, 3.8) is 0 Å². The molecule has 0 spiro atoms. The minimum Gasteiger partial charge on any atom is -0.396 e. The Morgan fingerprint density at radius 3 is 2.55 bits per heavy atom. The molecule has 1 aromatic carbocycles. The van der Waals surface area contributed by atoms with Crippen molar-refractivity contribution in [1.29, 1.82) is 0 Å². The second-order valence-electron chi connectivity index (χ2n) is 5.79. The molecule has 5 heteroatoms. The van der Waals surface area contributed by atoms with Crippen molar-refractivity contribution >= 4 is 17.5 Å². The van der Waals surface area contributed by atoms with E-state index in [4.69, 9.17) is 21.4 Å². The lowest BCUT2D eigenvalue weighted by Gasteiger charge is -2.37. The minimum atomic E-state index is -0.564. The van der Waals surface area contributed by atoms with Gasteiger partial charge in [-0.3, -0.25) is 4.79 Å². The van der Waals surface area contributed by atoms with Gasteiger partial charge in [0.05, 0.1) is 5.41 Å². The first-order valence-corrected chi connectivity index (χ1v) is 8.26. The van der Waals surface area contributed by atoms with Crippen molar-refractivity contribution in [3.05, 3.63) is 34.9 Å². The topological polar surface area (TPSA) is 58.6 Å². The van der Waals surface area contributed by atoms with Crippen LogP contribution in [-0.2, 0) is 14.9 Å². The molecule has 0 aromatic heterocycles. The van der Waals surface area contributed by atoms with Crippen LogP contribution >= 0.6 is 11.6 Å². The summed E-state index contributed by atoms with van der Waals surface area (Å²) in [6, 6.07) is 7.52. The fraction of sp³-hybridized carbons (Fsp3) is 0.588. The Morgan fingerprint density at radius 1 is 1.36 bits per heavy atom. The van der Waals surface area contributed by atoms with E-state index in [1.54, 1.807) is 0 Å². The first kappa shape index (κ1) is 17.3. The average molecular weight is 326 g/mol. The lowest BCUT2D eigenvalue weighted by atomic mass is 9.73. The second kappa shape index (κ2) is 7.95. The molecule has 1 aliphatic heterocycles. The number of carbonyl (C=O) groups excluding carboxylic acids is 1. The molecule has 1 fully saturated rings. The molecule has 1 amide bonds. The van der Waals surface area contributed by atoms with Gasteiger partial charge in [-0.25, -0.2) is 0 Å². The third-order valence-electron chi connectivity index (χ3n) is 4.48. The molecule has 1 aromatic rings. The number of aliphatic hydroxyl groups is 1. The molecule has 2 rings (SSSR count). The highest BCUT2D eigenvalue weighted by Gasteiger charge is 2.42. The molecule has 1 saturated heterocycles. The quantitative estimate of drug-likeness (QED) is 0.845. The molecule has 2 N–H and O–H groups in total. The number of hydrogen-bond donors (Lipinski definition) is 2. The van der Waals surface area contributed by atoms with Gasteiger partial charge in [0.1, 0.15) is 0 Å². The van der Waals surface area contributed by atoms with Crippen molar-refractivity contribution in [3.8, 4) is 0 Å². The van der Waals surface area contributed by atoms with Crippen LogP contribution < -0.4 is 5.32 Å². The number of halogens is 1. The number of amides is 1. The molecule has 0 bridgehead atoms. The van der Waals surface area contributed by atoms with Crippen LogP contribution in [-0.4, -0.2) is 36.9 Å². The summed E-state index contributed by atoms with van der Waals surface area (Å²) in [6.07, 6.45) is 2.71. The Morgan fingerprint density at radius 2 is 2.00 bits per heavy atom. The van der Waals surface area contributed by atoms with Gasteiger partial charge in [-0.05, 0) is 43.4 Å². The molecule has 0 aliphatic carbocycles. The monoisotopic (exact) mass is 325 g/mol. The van der Waals surface area contributed by atoms with Crippen LogP contribution in [0.15, 0.2) is 24.3 Å². The molecule has 0 saturated carbocycles. The maximum Gasteiger partial charge on any atom is 0.231 e. The van der Waals surface area contributed by atoms with Gasteiger partial charge in [-0.15, -0.1) is 0 Å². The SMILES string of the molecule is CCC(CCO)NC(=O)C1(c2ccc(Cl)cc2)CCOCC1. The normalized spacial score (nSPS) is 18.7. The molecule has 1 heterocycles. The van der Waals surface area contributed by atoms with Crippen LogP contribution in [0.3, 0.4) is 0 Å². The zero-order valence-electron chi connectivity index (χ0n) is 13.0. The van der Waals surface area contributed by atoms with Gasteiger partial charge in [0, 0.05) is 30.9 Å². The van der Waals surface area contributed by atoms with Crippen LogP contribution in [0.4, 0.5) is 0 Å². The summed E-state index contributed by atoms with van der Waals surface area (Å²) in [5.74, 6) is 0.0263. The fourth-order valence-electron chi connectivity index (χ4n) is 2.99. The number of aliphatic hydroxyl groups excluding tert-OH is 1. The summed E-state index contributed by atoms with van der Waals surface area (Å²) in [7, 11) is 0. The van der Waals surface area contributed by atoms with E-state index < -0.39 is 5.41 Å². The second-order valence-corrected chi connectivity index (χ2v) is 6.23. The smallest absolute Gasteiger partial charge is 0.231 e. The lowest BCUT2D eigenvalue weighted by molar-refractivity contribution is -0.131. The Labute approximate surface area is 136 Å². The summed E-state index contributed by atoms with van der Waals surface area (Å²) in [5.41, 5.74) is 0.419. The number of nitrogens with one attached hydrogen (secondary N) is 1. The predicted molar refractivity (Wildman–Crippen MR) is 87.1 cm³/mol. The predicted octanol–water partition coefficient (Wildman–Crippen LogP) is 2.67. The van der Waals surface area contributed by atoms with Crippen molar-refractivity contribution in [1.82, 2.24) is 5.32 Å². The lowest BCUT2D eigenvalue weighted by Crippen LogP contribution is -2.51. The summed E-state index contributed by atoms with van der Waals surface area (Å²) in [6.45, 7) is 3.25. The molecule has 1 atom stereocenters. The number of hydrogen-bond acceptors (Lipinski definition) is 3. The van der Waals surface area contributed by atoms with E-state index in [1.807, 2.05) is 31.2 Å². The van der Waals surface area contributed by atoms with E-state index in [0.717, 1.165) is 12.0 Å². The van der Waals surface area contributed by atoms with Gasteiger partial charge in [0.2, 0.25) is 5.91 Å². The first-order valence-electron chi connectivity index (χ1n) is 7.88. The highest BCUT2D eigenvalue weighted by atomic mass is 35.5. The van der Waals surface area contributed by atoms with Crippen molar-refractivity contribution in [2.45, 2.75) is 44.1 Å². The molecule has 1 unspecified atom stereocenters. The van der Waals surface area contributed by atoms with Crippen LogP contribution in [0.5, 0.6) is 0 Å². The molecule has 1 aliphatic rings. The van der Waals surface area contributed by atoms with E-state index in [2.05, 4.69) is 5.32 Å². The Kier molecular flexibility index (Phi) is 6.24. The Hall–Kier alpha value is -1.10. The Balaban J connectivity index is 2.24. The number of rotatable bonds is 6. The standard InChI is InChI=1S/C17H24ClNO3/c1-2-15(7-10-20)19-16(21)17(8-11-22-12-9-17)13-3-5-14(18)6-4-13/h3-6,15,20H,2,7-12H2,1H3,(H,19,21). The highest BCUT2D eigenvalue weighted by molar-refractivity contribution is 6.30. The van der Waals surface area contributed by atoms with Crippen LogP contribution in [0.2, 0.25) is 5.02 Å². The zero-order valence-corrected chi connectivity index (χ0v) is 13.7. The maximum absolute atomic E-state index is 13.0. The summed E-state index contributed by atoms with van der Waals surface area (Å²) < 4.78 is 5.45. The van der Waals surface area contributed by atoms with Gasteiger partial charge in [0.25, 0.3) is 0 Å². The molecular weight excluding hydrogens is 302 g/mol. The average Bonchev–Trinajstić information content (AvgIpc) is 2.55. The minimum absolute atomic E-state index is 0.00419. The molecule has 22 heavy (non-hydrogen) atoms. The highest BCUT2D eigenvalue weighted by Crippen LogP contribution is 2.36. The molecule has 0 radical (unpaired) electrons. The van der Waals surface area contributed by atoms with E-state index >= 15 is 0 Å². The summed E-state index contributed by atoms with van der Waals surface area (Å²) >= 11 is 5.97. The first-order chi connectivity index (χ1) is 10.6. The maximum atomic E-state index is 13.0. The Bertz CT molecular complexity index is 483. The van der Waals surface area contributed by atoms with E-state index in [9.17, 15) is 4.79 Å². The van der Waals surface area contributed by atoms with Crippen LogP contribution in [0.1, 0.15) is 38.2 Å². The van der Waals surface area contributed by atoms with Crippen molar-refractivity contribution in [2.75, 3.05) is 19.8 Å². The number of benzene rings is 1. The van der Waals surface area contributed by atoms with Gasteiger partial charge in [0.15, 0.2) is 0 Å². The summed E-state index contributed by atoms with van der Waals surface area (Å²) in [4.78, 5) is 13.0. The molecular formula is C17H24ClNO3. The largest absolute Gasteiger partial charge is 0.396 e. The van der Waals surface area contributed by atoms with E-state index in [0.29, 0.717) is 37.5 Å². The van der Waals surface area contributed by atoms with Gasteiger partial charge < -0.3 is 15.2 Å². The van der Waals surface area contributed by atoms with Gasteiger partial charge in [-0.2, -0.15) is 0 Å². The van der Waals surface area contributed by atoms with Gasteiger partial charge >= 0.3 is 0 Å². The van der Waals surface area contributed by atoms with E-state index in [1.165, 1.54) is 0 Å². The molecule has 122 valence electrons. The van der Waals surface area contributed by atoms with Crippen molar-refractivity contribution < 1.29 is 14.6 Å². The third-order valence-corrected chi connectivity index (χ3v) is 4.74. The van der Waals surface area contributed by atoms with E-state index in [-0.39, 0.29) is 18.6 Å². The van der Waals surface area contributed by atoms with Crippen molar-refractivity contribution in [2.24, 2.45) is 0 Å². The van der Waals surface area contributed by atoms with Crippen LogP contribution in [0.25, 0.3) is 0 Å². The molecule has 4 nitrogen and oxygen atoms in total.